The molecule has 0 radical (unpaired) electrons. The summed E-state index contributed by atoms with van der Waals surface area (Å²) in [4.78, 5) is 11.7. The van der Waals surface area contributed by atoms with Gasteiger partial charge in [0.1, 0.15) is 6.61 Å². The van der Waals surface area contributed by atoms with Gasteiger partial charge in [-0.1, -0.05) is 6.92 Å². The molecule has 1 heterocycles. The van der Waals surface area contributed by atoms with Gasteiger partial charge in [-0.3, -0.25) is 0 Å². The summed E-state index contributed by atoms with van der Waals surface area (Å²) < 4.78 is 5.17. The lowest BCUT2D eigenvalue weighted by atomic mass is 9.41. The van der Waals surface area contributed by atoms with E-state index in [2.05, 4.69) is 12.1 Å². The Morgan fingerprint density at radius 2 is 1.87 bits per heavy atom. The zero-order chi connectivity index (χ0) is 21.4. The van der Waals surface area contributed by atoms with Crippen LogP contribution in [0, 0.1) is 28.6 Å². The van der Waals surface area contributed by atoms with Crippen molar-refractivity contribution in [3.05, 3.63) is 11.6 Å². The van der Waals surface area contributed by atoms with Gasteiger partial charge in [0.15, 0.2) is 0 Å². The fraction of sp³-hybridized carbons (Fsp3) is 0.826. The summed E-state index contributed by atoms with van der Waals surface area (Å²) in [5, 5.41) is 47.0. The van der Waals surface area contributed by atoms with Crippen LogP contribution in [0.5, 0.6) is 0 Å². The standard InChI is InChI=1S/C23H33NO6/c1-20-6-3-17-18(23(20,28)9-5-16(20)14-10-19(26)30-12-14)4-8-22(27)11-15(25)2-7-21(17,22)13-24-29/h10,13,15-18,25,27-29H,2-9,11-12H2,1H3/t15?,16?,17-,18-,20?,21?,22?,23?/m0/s1. The molecule has 4 N–H and O–H groups in total. The second-order valence-corrected chi connectivity index (χ2v) is 10.8. The fourth-order valence-electron chi connectivity index (χ4n) is 8.46. The smallest absolute Gasteiger partial charge is 0.331 e. The van der Waals surface area contributed by atoms with Gasteiger partial charge in [-0.2, -0.15) is 0 Å². The molecule has 6 unspecified atom stereocenters. The van der Waals surface area contributed by atoms with E-state index in [4.69, 9.17) is 4.74 Å². The third kappa shape index (κ3) is 2.43. The summed E-state index contributed by atoms with van der Waals surface area (Å²) in [5.41, 5.74) is -2.11. The van der Waals surface area contributed by atoms with Crippen LogP contribution < -0.4 is 0 Å². The van der Waals surface area contributed by atoms with Crippen LogP contribution >= 0.6 is 0 Å². The molecular formula is C23H33NO6. The number of aliphatic hydroxyl groups excluding tert-OH is 1. The molecule has 0 aromatic carbocycles. The number of cyclic esters (lactones) is 1. The lowest BCUT2D eigenvalue weighted by Crippen LogP contribution is -2.68. The number of carbonyl (C=O) groups is 1. The van der Waals surface area contributed by atoms with Crippen molar-refractivity contribution in [1.82, 2.24) is 0 Å². The summed E-state index contributed by atoms with van der Waals surface area (Å²) in [6, 6.07) is 0. The number of ether oxygens (including phenoxy) is 1. The first-order chi connectivity index (χ1) is 14.2. The Morgan fingerprint density at radius 1 is 1.10 bits per heavy atom. The Labute approximate surface area is 176 Å². The average Bonchev–Trinajstić information content (AvgIpc) is 3.23. The molecule has 7 heteroatoms. The van der Waals surface area contributed by atoms with E-state index < -0.39 is 22.7 Å². The molecule has 0 spiro atoms. The van der Waals surface area contributed by atoms with Crippen molar-refractivity contribution in [3.63, 3.8) is 0 Å². The van der Waals surface area contributed by atoms with E-state index in [0.29, 0.717) is 38.7 Å². The van der Waals surface area contributed by atoms with Gasteiger partial charge in [-0.15, -0.1) is 5.16 Å². The predicted octanol–water partition coefficient (Wildman–Crippen LogP) is 2.16. The van der Waals surface area contributed by atoms with Gasteiger partial charge in [0.2, 0.25) is 0 Å². The molecular weight excluding hydrogens is 386 g/mol. The predicted molar refractivity (Wildman–Crippen MR) is 108 cm³/mol. The first-order valence-corrected chi connectivity index (χ1v) is 11.4. The molecule has 5 rings (SSSR count). The molecule has 0 amide bonds. The van der Waals surface area contributed by atoms with Gasteiger partial charge in [0.25, 0.3) is 0 Å². The summed E-state index contributed by atoms with van der Waals surface area (Å²) in [6.45, 7) is 2.48. The van der Waals surface area contributed by atoms with Crippen LogP contribution in [-0.4, -0.2) is 56.6 Å². The molecule has 166 valence electrons. The maximum Gasteiger partial charge on any atom is 0.331 e. The second-order valence-electron chi connectivity index (χ2n) is 10.8. The zero-order valence-corrected chi connectivity index (χ0v) is 17.6. The Morgan fingerprint density at radius 3 is 2.57 bits per heavy atom. The minimum Gasteiger partial charge on any atom is -0.458 e. The highest BCUT2D eigenvalue weighted by Gasteiger charge is 2.71. The largest absolute Gasteiger partial charge is 0.458 e. The van der Waals surface area contributed by atoms with Crippen molar-refractivity contribution >= 4 is 12.2 Å². The summed E-state index contributed by atoms with van der Waals surface area (Å²) >= 11 is 0. The van der Waals surface area contributed by atoms with Crippen LogP contribution in [0.1, 0.15) is 64.7 Å². The van der Waals surface area contributed by atoms with Crippen LogP contribution in [0.4, 0.5) is 0 Å². The second kappa shape index (κ2) is 6.53. The van der Waals surface area contributed by atoms with Gasteiger partial charge in [-0.05, 0) is 74.7 Å². The number of rotatable bonds is 2. The molecule has 4 saturated carbocycles. The van der Waals surface area contributed by atoms with Crippen molar-refractivity contribution in [2.24, 2.45) is 33.7 Å². The van der Waals surface area contributed by atoms with E-state index in [1.165, 1.54) is 6.21 Å². The highest BCUT2D eigenvalue weighted by atomic mass is 16.5. The van der Waals surface area contributed by atoms with Crippen LogP contribution in [0.2, 0.25) is 0 Å². The van der Waals surface area contributed by atoms with Crippen LogP contribution in [-0.2, 0) is 9.53 Å². The SMILES string of the molecule is CC12CC[C@H]3[C@H](CCC4(O)CC(O)CCC34C=NO)C1(O)CCC2C1=CC(=O)OC1. The number of oxime groups is 1. The van der Waals surface area contributed by atoms with Crippen LogP contribution in [0.3, 0.4) is 0 Å². The van der Waals surface area contributed by atoms with E-state index in [9.17, 15) is 25.3 Å². The first-order valence-electron chi connectivity index (χ1n) is 11.4. The average molecular weight is 420 g/mol. The third-order valence-electron chi connectivity index (χ3n) is 9.93. The number of fused-ring (bicyclic) bond motifs is 5. The van der Waals surface area contributed by atoms with E-state index in [-0.39, 0.29) is 35.6 Å². The molecule has 30 heavy (non-hydrogen) atoms. The number of carbonyl (C=O) groups excluding carboxylic acids is 1. The number of hydrogen-bond acceptors (Lipinski definition) is 7. The van der Waals surface area contributed by atoms with Crippen LogP contribution in [0.25, 0.3) is 0 Å². The van der Waals surface area contributed by atoms with Crippen molar-refractivity contribution in [2.75, 3.05) is 6.61 Å². The summed E-state index contributed by atoms with van der Waals surface area (Å²) in [5.74, 6) is -0.203. The van der Waals surface area contributed by atoms with Gasteiger partial charge >= 0.3 is 5.97 Å². The molecule has 4 fully saturated rings. The Balaban J connectivity index is 1.53. The number of nitrogens with zero attached hydrogens (tertiary/aromatic N) is 1. The number of aliphatic hydroxyl groups is 3. The molecule has 5 aliphatic rings. The van der Waals surface area contributed by atoms with Gasteiger partial charge in [0.05, 0.1) is 23.5 Å². The quantitative estimate of drug-likeness (QED) is 0.236. The minimum absolute atomic E-state index is 0.00749. The zero-order valence-electron chi connectivity index (χ0n) is 17.6. The van der Waals surface area contributed by atoms with Gasteiger partial charge < -0.3 is 25.3 Å². The van der Waals surface area contributed by atoms with Crippen LogP contribution in [0.15, 0.2) is 16.8 Å². The van der Waals surface area contributed by atoms with E-state index >= 15 is 0 Å². The lowest BCUT2D eigenvalue weighted by molar-refractivity contribution is -0.237. The Hall–Kier alpha value is -1.44. The molecule has 0 bridgehead atoms. The number of hydrogen-bond donors (Lipinski definition) is 4. The normalized spacial score (nSPS) is 53.1. The van der Waals surface area contributed by atoms with Crippen molar-refractivity contribution in [1.29, 1.82) is 0 Å². The van der Waals surface area contributed by atoms with E-state index in [0.717, 1.165) is 24.8 Å². The Kier molecular flexibility index (Phi) is 4.45. The van der Waals surface area contributed by atoms with Crippen molar-refractivity contribution in [3.8, 4) is 0 Å². The number of esters is 1. The van der Waals surface area contributed by atoms with Crippen molar-refractivity contribution in [2.45, 2.75) is 82.0 Å². The molecule has 8 atom stereocenters. The molecule has 4 aliphatic carbocycles. The third-order valence-corrected chi connectivity index (χ3v) is 9.93. The van der Waals surface area contributed by atoms with Gasteiger partial charge in [-0.25, -0.2) is 4.79 Å². The molecule has 7 nitrogen and oxygen atoms in total. The lowest BCUT2D eigenvalue weighted by Gasteiger charge is -2.65. The molecule has 0 aromatic rings. The molecule has 0 saturated heterocycles. The monoisotopic (exact) mass is 419 g/mol. The van der Waals surface area contributed by atoms with Gasteiger partial charge in [0, 0.05) is 23.3 Å². The topological polar surface area (TPSA) is 120 Å². The summed E-state index contributed by atoms with van der Waals surface area (Å²) in [7, 11) is 0. The van der Waals surface area contributed by atoms with E-state index in [1.807, 2.05) is 0 Å². The minimum atomic E-state index is -1.12. The molecule has 1 aliphatic heterocycles. The Bertz CT molecular complexity index is 812. The maximum atomic E-state index is 12.2. The highest BCUT2D eigenvalue weighted by Crippen LogP contribution is 2.70. The highest BCUT2D eigenvalue weighted by molar-refractivity contribution is 5.85. The maximum absolute atomic E-state index is 12.2. The fourth-order valence-corrected chi connectivity index (χ4v) is 8.46. The summed E-state index contributed by atoms with van der Waals surface area (Å²) in [6.07, 6.45) is 8.20. The van der Waals surface area contributed by atoms with Crippen molar-refractivity contribution < 1.29 is 30.1 Å². The molecule has 0 aromatic heterocycles. The first kappa shape index (κ1) is 20.5. The van der Waals surface area contributed by atoms with E-state index in [1.54, 1.807) is 6.08 Å².